The molecule has 1 aliphatic heterocycles. The van der Waals surface area contributed by atoms with E-state index in [-0.39, 0.29) is 41.1 Å². The zero-order chi connectivity index (χ0) is 20.3. The minimum atomic E-state index is -0.649. The molecule has 0 amide bonds. The Kier molecular flexibility index (Phi) is 4.39. The van der Waals surface area contributed by atoms with E-state index in [2.05, 4.69) is 19.2 Å². The van der Waals surface area contributed by atoms with Crippen LogP contribution in [0.3, 0.4) is 0 Å². The lowest BCUT2D eigenvalue weighted by Gasteiger charge is -2.57. The van der Waals surface area contributed by atoms with Gasteiger partial charge in [-0.2, -0.15) is 0 Å². The van der Waals surface area contributed by atoms with Gasteiger partial charge in [-0.05, 0) is 55.9 Å². The van der Waals surface area contributed by atoms with Crippen molar-refractivity contribution in [3.05, 3.63) is 18.4 Å². The molecule has 0 radical (unpaired) electrons. The molecule has 3 saturated carbocycles. The fourth-order valence-corrected chi connectivity index (χ4v) is 7.15. The van der Waals surface area contributed by atoms with Gasteiger partial charge in [0.25, 0.3) is 0 Å². The molecular weight excluding hydrogens is 356 g/mol. The lowest BCUT2D eigenvalue weighted by atomic mass is 9.44. The van der Waals surface area contributed by atoms with Crippen molar-refractivity contribution in [3.63, 3.8) is 0 Å². The summed E-state index contributed by atoms with van der Waals surface area (Å²) in [6, 6.07) is 0. The first kappa shape index (κ1) is 19.4. The van der Waals surface area contributed by atoms with Crippen LogP contribution in [0.4, 0.5) is 0 Å². The molecule has 3 aliphatic carbocycles. The largest absolute Gasteiger partial charge is 0.469 e. The molecule has 5 nitrogen and oxygen atoms in total. The van der Waals surface area contributed by atoms with Crippen molar-refractivity contribution in [1.82, 2.24) is 0 Å². The van der Waals surface area contributed by atoms with Crippen LogP contribution in [-0.2, 0) is 23.9 Å². The third kappa shape index (κ3) is 2.29. The lowest BCUT2D eigenvalue weighted by Crippen LogP contribution is -2.58. The zero-order valence-corrected chi connectivity index (χ0v) is 17.1. The number of carbonyl (C=O) groups excluding carboxylic acids is 3. The molecule has 4 rings (SSSR count). The van der Waals surface area contributed by atoms with Crippen LogP contribution in [0.2, 0.25) is 0 Å². The summed E-state index contributed by atoms with van der Waals surface area (Å²) in [4.78, 5) is 38.7. The van der Waals surface area contributed by atoms with Crippen molar-refractivity contribution in [1.29, 1.82) is 0 Å². The number of allylic oxidation sites excluding steroid dienone is 1. The molecule has 4 fully saturated rings. The number of Topliss-reactive ketones (excluding diaryl/α,β-unsaturated/α-hetero) is 1. The van der Waals surface area contributed by atoms with E-state index in [1.54, 1.807) is 0 Å². The summed E-state index contributed by atoms with van der Waals surface area (Å²) in [5, 5.41) is 0. The SMILES string of the molecule is C=C=C[C@@]12CCC(=O)[C@@]1(C)CC[C@H]([C@@]1(C)CC[C@H]3C[C@@H]1C(=O)O3)[C@H]2C(=O)OC. The summed E-state index contributed by atoms with van der Waals surface area (Å²) in [6.45, 7) is 7.91. The number of hydrogen-bond donors (Lipinski definition) is 0. The van der Waals surface area contributed by atoms with Gasteiger partial charge in [0.2, 0.25) is 0 Å². The number of fused-ring (bicyclic) bond motifs is 3. The second-order valence-corrected chi connectivity index (χ2v) is 9.68. The van der Waals surface area contributed by atoms with E-state index in [4.69, 9.17) is 9.47 Å². The Bertz CT molecular complexity index is 780. The Hall–Kier alpha value is -1.87. The minimum Gasteiger partial charge on any atom is -0.469 e. The molecule has 152 valence electrons. The maximum atomic E-state index is 13.2. The van der Waals surface area contributed by atoms with Crippen LogP contribution in [0.25, 0.3) is 0 Å². The Morgan fingerprint density at radius 3 is 2.68 bits per heavy atom. The van der Waals surface area contributed by atoms with Crippen LogP contribution in [0, 0.1) is 34.0 Å². The van der Waals surface area contributed by atoms with Gasteiger partial charge in [-0.3, -0.25) is 14.4 Å². The summed E-state index contributed by atoms with van der Waals surface area (Å²) < 4.78 is 10.8. The molecule has 1 heterocycles. The monoisotopic (exact) mass is 386 g/mol. The Morgan fingerprint density at radius 2 is 2.00 bits per heavy atom. The molecule has 7 atom stereocenters. The average molecular weight is 386 g/mol. The lowest BCUT2D eigenvalue weighted by molar-refractivity contribution is -0.172. The van der Waals surface area contributed by atoms with Crippen LogP contribution < -0.4 is 0 Å². The van der Waals surface area contributed by atoms with Gasteiger partial charge in [0, 0.05) is 17.3 Å². The maximum absolute atomic E-state index is 13.2. The molecule has 0 aromatic rings. The molecule has 4 aliphatic rings. The summed E-state index contributed by atoms with van der Waals surface area (Å²) in [6.07, 6.45) is 6.82. The number of ether oxygens (including phenoxy) is 2. The molecule has 5 heteroatoms. The number of carbonyl (C=O) groups is 3. The Morgan fingerprint density at radius 1 is 1.25 bits per heavy atom. The van der Waals surface area contributed by atoms with Crippen LogP contribution in [0.1, 0.15) is 58.8 Å². The molecular formula is C23H30O5. The van der Waals surface area contributed by atoms with Gasteiger partial charge in [0.05, 0.1) is 18.9 Å². The van der Waals surface area contributed by atoms with Crippen LogP contribution in [-0.4, -0.2) is 30.9 Å². The average Bonchev–Trinajstić information content (AvgIpc) is 3.13. The maximum Gasteiger partial charge on any atom is 0.309 e. The number of hydrogen-bond acceptors (Lipinski definition) is 5. The molecule has 0 aromatic carbocycles. The molecule has 0 aromatic heterocycles. The van der Waals surface area contributed by atoms with Crippen molar-refractivity contribution >= 4 is 17.7 Å². The van der Waals surface area contributed by atoms with Gasteiger partial charge in [-0.25, -0.2) is 0 Å². The highest BCUT2D eigenvalue weighted by Gasteiger charge is 2.69. The zero-order valence-electron chi connectivity index (χ0n) is 17.1. The first-order chi connectivity index (χ1) is 13.2. The molecule has 0 N–H and O–H groups in total. The third-order valence-electron chi connectivity index (χ3n) is 8.85. The minimum absolute atomic E-state index is 0.0195. The van der Waals surface area contributed by atoms with Crippen LogP contribution in [0.15, 0.2) is 18.4 Å². The van der Waals surface area contributed by atoms with Gasteiger partial charge < -0.3 is 9.47 Å². The molecule has 28 heavy (non-hydrogen) atoms. The molecule has 1 saturated heterocycles. The molecule has 2 bridgehead atoms. The predicted molar refractivity (Wildman–Crippen MR) is 102 cm³/mol. The number of esters is 2. The van der Waals surface area contributed by atoms with E-state index in [1.807, 2.05) is 13.0 Å². The topological polar surface area (TPSA) is 69.7 Å². The summed E-state index contributed by atoms with van der Waals surface area (Å²) in [5.74, 6) is -0.910. The van der Waals surface area contributed by atoms with E-state index in [0.717, 1.165) is 25.7 Å². The van der Waals surface area contributed by atoms with Crippen LogP contribution in [0.5, 0.6) is 0 Å². The smallest absolute Gasteiger partial charge is 0.309 e. The quantitative estimate of drug-likeness (QED) is 0.547. The van der Waals surface area contributed by atoms with Crippen molar-refractivity contribution in [2.24, 2.45) is 34.0 Å². The van der Waals surface area contributed by atoms with Crippen molar-refractivity contribution in [2.45, 2.75) is 64.9 Å². The number of rotatable bonds is 3. The van der Waals surface area contributed by atoms with Crippen molar-refractivity contribution in [3.8, 4) is 0 Å². The van der Waals surface area contributed by atoms with E-state index < -0.39 is 16.7 Å². The Balaban J connectivity index is 1.85. The second-order valence-electron chi connectivity index (χ2n) is 9.68. The number of methoxy groups -OCH3 is 1. The van der Waals surface area contributed by atoms with Crippen molar-refractivity contribution < 1.29 is 23.9 Å². The fraction of sp³-hybridized carbons (Fsp3) is 0.739. The van der Waals surface area contributed by atoms with Crippen LogP contribution >= 0.6 is 0 Å². The first-order valence-electron chi connectivity index (χ1n) is 10.4. The van der Waals surface area contributed by atoms with Gasteiger partial charge in [-0.1, -0.05) is 20.4 Å². The highest BCUT2D eigenvalue weighted by atomic mass is 16.6. The second kappa shape index (κ2) is 6.32. The normalized spacial score (nSPS) is 47.1. The molecule has 0 unspecified atom stereocenters. The highest BCUT2D eigenvalue weighted by Crippen LogP contribution is 2.68. The van der Waals surface area contributed by atoms with Gasteiger partial charge in [0.15, 0.2) is 0 Å². The van der Waals surface area contributed by atoms with E-state index in [9.17, 15) is 14.4 Å². The summed E-state index contributed by atoms with van der Waals surface area (Å²) in [7, 11) is 1.41. The van der Waals surface area contributed by atoms with E-state index in [0.29, 0.717) is 19.3 Å². The number of ketones is 1. The standard InChI is InChI=1S/C23H30O5/c1-5-9-23-12-8-17(24)22(23,3)11-7-15(18(23)20(26)27-4)21(2)10-6-14-13-16(21)19(25)28-14/h9,14-16,18H,1,6-8,10-13H2,2-4H3/t14-,15-,16+,18-,21+,22+,23-/m0/s1. The molecule has 0 spiro atoms. The Labute approximate surface area is 166 Å². The third-order valence-corrected chi connectivity index (χ3v) is 8.85. The highest BCUT2D eigenvalue weighted by molar-refractivity contribution is 5.90. The summed E-state index contributed by atoms with van der Waals surface area (Å²) >= 11 is 0. The van der Waals surface area contributed by atoms with Crippen molar-refractivity contribution in [2.75, 3.05) is 7.11 Å². The van der Waals surface area contributed by atoms with Gasteiger partial charge >= 0.3 is 11.9 Å². The fourth-order valence-electron chi connectivity index (χ4n) is 7.15. The van der Waals surface area contributed by atoms with Gasteiger partial charge in [-0.15, -0.1) is 5.73 Å². The first-order valence-corrected chi connectivity index (χ1v) is 10.4. The van der Waals surface area contributed by atoms with E-state index in [1.165, 1.54) is 7.11 Å². The van der Waals surface area contributed by atoms with Gasteiger partial charge in [0.1, 0.15) is 11.9 Å². The summed E-state index contributed by atoms with van der Waals surface area (Å²) in [5.41, 5.74) is 1.31. The predicted octanol–water partition coefficient (Wildman–Crippen LogP) is 3.61. The van der Waals surface area contributed by atoms with E-state index >= 15 is 0 Å².